The molecule has 0 unspecified atom stereocenters. The van der Waals surface area contributed by atoms with Crippen molar-refractivity contribution in [2.24, 2.45) is 0 Å². The van der Waals surface area contributed by atoms with Crippen molar-refractivity contribution < 1.29 is 4.79 Å². The number of piperazine rings is 1. The van der Waals surface area contributed by atoms with Crippen molar-refractivity contribution in [3.63, 3.8) is 0 Å². The van der Waals surface area contributed by atoms with E-state index in [0.717, 1.165) is 50.8 Å². The van der Waals surface area contributed by atoms with Gasteiger partial charge in [-0.2, -0.15) is 0 Å². The van der Waals surface area contributed by atoms with Crippen LogP contribution in [0.4, 0.5) is 17.2 Å². The molecule has 2 aliphatic rings. The van der Waals surface area contributed by atoms with Crippen molar-refractivity contribution in [3.8, 4) is 0 Å². The lowest BCUT2D eigenvalue weighted by atomic mass is 10.2. The fraction of sp³-hybridized carbons (Fsp3) is 0.450. The number of rotatable bonds is 4. The van der Waals surface area contributed by atoms with E-state index in [1.54, 1.807) is 6.07 Å². The SMILES string of the molecule is CN1CCN(c2ccc(C(=O)Nc3ccc(N4CCCC4)cc3)nn2)CC1. The van der Waals surface area contributed by atoms with Gasteiger partial charge in [0.1, 0.15) is 0 Å². The Balaban J connectivity index is 1.36. The second-order valence-electron chi connectivity index (χ2n) is 7.26. The fourth-order valence-corrected chi connectivity index (χ4v) is 3.58. The van der Waals surface area contributed by atoms with Crippen LogP contribution in [-0.4, -0.2) is 67.3 Å². The van der Waals surface area contributed by atoms with Gasteiger partial charge in [-0.25, -0.2) is 0 Å². The molecule has 0 bridgehead atoms. The number of carbonyl (C=O) groups excluding carboxylic acids is 1. The summed E-state index contributed by atoms with van der Waals surface area (Å²) in [6.07, 6.45) is 2.50. The molecule has 2 aromatic rings. The van der Waals surface area contributed by atoms with Crippen LogP contribution in [0.5, 0.6) is 0 Å². The summed E-state index contributed by atoms with van der Waals surface area (Å²) in [5.41, 5.74) is 2.31. The smallest absolute Gasteiger partial charge is 0.276 e. The van der Waals surface area contributed by atoms with E-state index < -0.39 is 0 Å². The average Bonchev–Trinajstić information content (AvgIpc) is 3.24. The second kappa shape index (κ2) is 7.92. The van der Waals surface area contributed by atoms with Crippen LogP contribution in [0.2, 0.25) is 0 Å². The summed E-state index contributed by atoms with van der Waals surface area (Å²) in [6.45, 7) is 6.11. The maximum Gasteiger partial charge on any atom is 0.276 e. The first-order chi connectivity index (χ1) is 13.2. The van der Waals surface area contributed by atoms with Crippen LogP contribution in [0.1, 0.15) is 23.3 Å². The predicted octanol–water partition coefficient (Wildman–Crippen LogP) is 2.08. The molecule has 0 spiro atoms. The Hall–Kier alpha value is -2.67. The van der Waals surface area contributed by atoms with Crippen molar-refractivity contribution in [2.45, 2.75) is 12.8 Å². The molecule has 7 heteroatoms. The highest BCUT2D eigenvalue weighted by Crippen LogP contribution is 2.22. The Bertz CT molecular complexity index is 762. The molecule has 2 aliphatic heterocycles. The second-order valence-corrected chi connectivity index (χ2v) is 7.26. The molecule has 4 rings (SSSR count). The Morgan fingerprint density at radius 2 is 1.56 bits per heavy atom. The van der Waals surface area contributed by atoms with Crippen molar-refractivity contribution in [2.75, 3.05) is 61.4 Å². The number of amides is 1. The highest BCUT2D eigenvalue weighted by atomic mass is 16.1. The summed E-state index contributed by atoms with van der Waals surface area (Å²) in [6, 6.07) is 11.6. The number of hydrogen-bond donors (Lipinski definition) is 1. The first kappa shape index (κ1) is 17.7. The van der Waals surface area contributed by atoms with Crippen LogP contribution in [0.15, 0.2) is 36.4 Å². The summed E-state index contributed by atoms with van der Waals surface area (Å²) < 4.78 is 0. The van der Waals surface area contributed by atoms with Crippen LogP contribution in [0.25, 0.3) is 0 Å². The van der Waals surface area contributed by atoms with E-state index in [2.05, 4.69) is 49.4 Å². The van der Waals surface area contributed by atoms with Gasteiger partial charge < -0.3 is 20.0 Å². The minimum atomic E-state index is -0.235. The van der Waals surface area contributed by atoms with Crippen LogP contribution in [-0.2, 0) is 0 Å². The monoisotopic (exact) mass is 366 g/mol. The molecule has 3 heterocycles. The standard InChI is InChI=1S/C20H26N6O/c1-24-12-14-26(15-13-24)19-9-8-18(22-23-19)20(27)21-16-4-6-17(7-5-16)25-10-2-3-11-25/h4-9H,2-3,10-15H2,1H3,(H,21,27). The number of benzene rings is 1. The van der Waals surface area contributed by atoms with E-state index in [1.165, 1.54) is 18.5 Å². The molecule has 0 atom stereocenters. The van der Waals surface area contributed by atoms with Crippen molar-refractivity contribution >= 4 is 23.1 Å². The average molecular weight is 366 g/mol. The molecular formula is C20H26N6O. The van der Waals surface area contributed by atoms with Crippen molar-refractivity contribution in [3.05, 3.63) is 42.1 Å². The zero-order valence-corrected chi connectivity index (χ0v) is 15.8. The van der Waals surface area contributed by atoms with Crippen molar-refractivity contribution in [1.29, 1.82) is 0 Å². The zero-order valence-electron chi connectivity index (χ0n) is 15.8. The number of nitrogens with one attached hydrogen (secondary N) is 1. The first-order valence-electron chi connectivity index (χ1n) is 9.63. The third-order valence-electron chi connectivity index (χ3n) is 5.31. The molecule has 1 aromatic heterocycles. The lowest BCUT2D eigenvalue weighted by molar-refractivity contribution is 0.102. The van der Waals surface area contributed by atoms with E-state index in [9.17, 15) is 4.79 Å². The van der Waals surface area contributed by atoms with E-state index in [-0.39, 0.29) is 5.91 Å². The highest BCUT2D eigenvalue weighted by Gasteiger charge is 2.17. The minimum absolute atomic E-state index is 0.235. The first-order valence-corrected chi connectivity index (χ1v) is 9.63. The maximum atomic E-state index is 12.4. The summed E-state index contributed by atoms with van der Waals surface area (Å²) >= 11 is 0. The minimum Gasteiger partial charge on any atom is -0.372 e. The lowest BCUT2D eigenvalue weighted by Gasteiger charge is -2.32. The number of nitrogens with zero attached hydrogens (tertiary/aromatic N) is 5. The topological polar surface area (TPSA) is 64.6 Å². The molecule has 1 amide bonds. The zero-order chi connectivity index (χ0) is 18.6. The summed E-state index contributed by atoms with van der Waals surface area (Å²) in [7, 11) is 2.12. The van der Waals surface area contributed by atoms with Crippen LogP contribution < -0.4 is 15.1 Å². The molecule has 2 saturated heterocycles. The van der Waals surface area contributed by atoms with Gasteiger partial charge >= 0.3 is 0 Å². The van der Waals surface area contributed by atoms with Crippen molar-refractivity contribution in [1.82, 2.24) is 15.1 Å². The Morgan fingerprint density at radius 3 is 2.19 bits per heavy atom. The van der Waals surface area contributed by atoms with E-state index in [0.29, 0.717) is 5.69 Å². The van der Waals surface area contributed by atoms with E-state index >= 15 is 0 Å². The van der Waals surface area contributed by atoms with Crippen LogP contribution >= 0.6 is 0 Å². The van der Waals surface area contributed by atoms with Gasteiger partial charge in [-0.3, -0.25) is 4.79 Å². The van der Waals surface area contributed by atoms with Gasteiger partial charge in [-0.15, -0.1) is 10.2 Å². The number of carbonyl (C=O) groups is 1. The van der Waals surface area contributed by atoms with E-state index in [4.69, 9.17) is 0 Å². The van der Waals surface area contributed by atoms with E-state index in [1.807, 2.05) is 18.2 Å². The molecule has 7 nitrogen and oxygen atoms in total. The predicted molar refractivity (Wildman–Crippen MR) is 108 cm³/mol. The number of likely N-dealkylation sites (N-methyl/N-ethyl adjacent to an activating group) is 1. The molecule has 27 heavy (non-hydrogen) atoms. The van der Waals surface area contributed by atoms with Gasteiger partial charge in [0.05, 0.1) is 0 Å². The van der Waals surface area contributed by atoms with Gasteiger partial charge in [-0.1, -0.05) is 0 Å². The van der Waals surface area contributed by atoms with Gasteiger partial charge in [0, 0.05) is 50.6 Å². The molecule has 0 aliphatic carbocycles. The summed E-state index contributed by atoms with van der Waals surface area (Å²) in [4.78, 5) is 19.3. The van der Waals surface area contributed by atoms with Gasteiger partial charge in [-0.05, 0) is 56.3 Å². The molecule has 2 fully saturated rings. The maximum absolute atomic E-state index is 12.4. The Kier molecular flexibility index (Phi) is 5.20. The highest BCUT2D eigenvalue weighted by molar-refractivity contribution is 6.02. The fourth-order valence-electron chi connectivity index (χ4n) is 3.58. The summed E-state index contributed by atoms with van der Waals surface area (Å²) in [5, 5.41) is 11.3. The number of hydrogen-bond acceptors (Lipinski definition) is 6. The Labute approximate surface area is 160 Å². The number of aromatic nitrogens is 2. The number of anilines is 3. The van der Waals surface area contributed by atoms with Gasteiger partial charge in [0.25, 0.3) is 5.91 Å². The summed E-state index contributed by atoms with van der Waals surface area (Å²) in [5.74, 6) is 0.593. The lowest BCUT2D eigenvalue weighted by Crippen LogP contribution is -2.44. The third-order valence-corrected chi connectivity index (χ3v) is 5.31. The third kappa shape index (κ3) is 4.19. The van der Waals surface area contributed by atoms with Gasteiger partial charge in [0.2, 0.25) is 0 Å². The molecule has 1 N–H and O–H groups in total. The quantitative estimate of drug-likeness (QED) is 0.894. The van der Waals surface area contributed by atoms with Gasteiger partial charge in [0.15, 0.2) is 11.5 Å². The normalized spacial score (nSPS) is 18.0. The van der Waals surface area contributed by atoms with Crippen LogP contribution in [0.3, 0.4) is 0 Å². The molecule has 0 saturated carbocycles. The molecule has 0 radical (unpaired) electrons. The Morgan fingerprint density at radius 1 is 0.852 bits per heavy atom. The largest absolute Gasteiger partial charge is 0.372 e. The molecular weight excluding hydrogens is 340 g/mol. The molecule has 142 valence electrons. The van der Waals surface area contributed by atoms with Crippen LogP contribution in [0, 0.1) is 0 Å². The molecule has 1 aromatic carbocycles.